The average molecular weight is 355 g/mol. The zero-order valence-electron chi connectivity index (χ0n) is 12.3. The molecular weight excluding hydrogens is 344 g/mol. The normalized spacial score (nSPS) is 10.9. The number of carbonyl (C=O) groups is 1. The third-order valence-electron chi connectivity index (χ3n) is 3.50. The highest BCUT2D eigenvalue weighted by Gasteiger charge is 2.10. The molecule has 7 heteroatoms. The van der Waals surface area contributed by atoms with E-state index in [2.05, 4.69) is 20.3 Å². The van der Waals surface area contributed by atoms with E-state index in [0.717, 1.165) is 22.4 Å². The third-order valence-corrected chi connectivity index (χ3v) is 4.60. The highest BCUT2D eigenvalue weighted by Crippen LogP contribution is 2.24. The Kier molecular flexibility index (Phi) is 3.76. The number of fused-ring (bicyclic) bond motifs is 1. The summed E-state index contributed by atoms with van der Waals surface area (Å²) >= 11 is 7.20. The summed E-state index contributed by atoms with van der Waals surface area (Å²) in [7, 11) is 0. The van der Waals surface area contributed by atoms with Crippen LogP contribution in [0.4, 0.5) is 5.69 Å². The Morgan fingerprint density at radius 1 is 1.25 bits per heavy atom. The molecule has 24 heavy (non-hydrogen) atoms. The third kappa shape index (κ3) is 2.89. The standard InChI is InChI=1S/C17H11ClN4OS/c18-15-6-11(9-24-15)17(23)20-12-3-4-13-14(7-12)22-16(21-13)10-2-1-5-19-8-10/h1-9H,(H,20,23)(H,21,22). The van der Waals surface area contributed by atoms with E-state index in [9.17, 15) is 4.79 Å². The van der Waals surface area contributed by atoms with Crippen molar-refractivity contribution in [3.8, 4) is 11.4 Å². The number of H-pyrrole nitrogens is 1. The smallest absolute Gasteiger partial charge is 0.256 e. The second-order valence-electron chi connectivity index (χ2n) is 5.15. The van der Waals surface area contributed by atoms with Gasteiger partial charge in [-0.05, 0) is 36.4 Å². The minimum absolute atomic E-state index is 0.190. The number of carbonyl (C=O) groups excluding carboxylic acids is 1. The molecule has 0 unspecified atom stereocenters. The molecule has 0 atom stereocenters. The van der Waals surface area contributed by atoms with Crippen molar-refractivity contribution >= 4 is 45.6 Å². The van der Waals surface area contributed by atoms with Crippen LogP contribution in [0.2, 0.25) is 4.34 Å². The molecule has 0 bridgehead atoms. The first-order valence-corrected chi connectivity index (χ1v) is 8.40. The van der Waals surface area contributed by atoms with E-state index in [1.54, 1.807) is 23.8 Å². The average Bonchev–Trinajstić information content (AvgIpc) is 3.21. The Morgan fingerprint density at radius 3 is 2.92 bits per heavy atom. The molecule has 4 aromatic rings. The van der Waals surface area contributed by atoms with Crippen molar-refractivity contribution in [1.29, 1.82) is 0 Å². The number of nitrogens with one attached hydrogen (secondary N) is 2. The lowest BCUT2D eigenvalue weighted by Gasteiger charge is -2.03. The highest BCUT2D eigenvalue weighted by atomic mass is 35.5. The summed E-state index contributed by atoms with van der Waals surface area (Å²) in [5.74, 6) is 0.552. The van der Waals surface area contributed by atoms with Gasteiger partial charge in [0.2, 0.25) is 0 Å². The maximum absolute atomic E-state index is 12.2. The Bertz CT molecular complexity index is 1030. The van der Waals surface area contributed by atoms with E-state index in [1.165, 1.54) is 11.3 Å². The number of hydrogen-bond acceptors (Lipinski definition) is 4. The number of nitrogens with zero attached hydrogens (tertiary/aromatic N) is 2. The van der Waals surface area contributed by atoms with Gasteiger partial charge in [-0.3, -0.25) is 9.78 Å². The predicted molar refractivity (Wildman–Crippen MR) is 96.6 cm³/mol. The van der Waals surface area contributed by atoms with Gasteiger partial charge in [-0.1, -0.05) is 11.6 Å². The minimum atomic E-state index is -0.190. The van der Waals surface area contributed by atoms with Crippen LogP contribution < -0.4 is 5.32 Å². The molecular formula is C17H11ClN4OS. The molecule has 5 nitrogen and oxygen atoms in total. The van der Waals surface area contributed by atoms with Gasteiger partial charge < -0.3 is 10.3 Å². The molecule has 0 saturated carbocycles. The number of benzene rings is 1. The molecule has 0 spiro atoms. The summed E-state index contributed by atoms with van der Waals surface area (Å²) in [5.41, 5.74) is 3.81. The van der Waals surface area contributed by atoms with Crippen LogP contribution in [0.3, 0.4) is 0 Å². The lowest BCUT2D eigenvalue weighted by atomic mass is 10.2. The first kappa shape index (κ1) is 14.9. The van der Waals surface area contributed by atoms with Crippen LogP contribution in [-0.4, -0.2) is 20.9 Å². The number of amides is 1. The van der Waals surface area contributed by atoms with Gasteiger partial charge in [0.1, 0.15) is 5.82 Å². The van der Waals surface area contributed by atoms with Gasteiger partial charge in [0.15, 0.2) is 0 Å². The van der Waals surface area contributed by atoms with Crippen LogP contribution in [0.25, 0.3) is 22.4 Å². The van der Waals surface area contributed by atoms with Crippen molar-refractivity contribution in [3.05, 3.63) is 64.1 Å². The van der Waals surface area contributed by atoms with Gasteiger partial charge in [-0.25, -0.2) is 4.98 Å². The number of pyridine rings is 1. The monoisotopic (exact) mass is 354 g/mol. The number of anilines is 1. The first-order valence-electron chi connectivity index (χ1n) is 7.14. The molecule has 0 aliphatic heterocycles. The Balaban J connectivity index is 1.62. The molecule has 1 aromatic carbocycles. The molecule has 3 heterocycles. The highest BCUT2D eigenvalue weighted by molar-refractivity contribution is 7.14. The Morgan fingerprint density at radius 2 is 2.17 bits per heavy atom. The van der Waals surface area contributed by atoms with Crippen molar-refractivity contribution in [2.75, 3.05) is 5.32 Å². The van der Waals surface area contributed by atoms with Crippen LogP contribution in [0, 0.1) is 0 Å². The van der Waals surface area contributed by atoms with E-state index in [0.29, 0.717) is 15.6 Å². The van der Waals surface area contributed by atoms with E-state index in [1.807, 2.05) is 30.3 Å². The number of rotatable bonds is 3. The van der Waals surface area contributed by atoms with Crippen molar-refractivity contribution < 1.29 is 4.79 Å². The summed E-state index contributed by atoms with van der Waals surface area (Å²) in [6.07, 6.45) is 3.47. The molecule has 0 saturated heterocycles. The number of imidazole rings is 1. The number of aromatic nitrogens is 3. The topological polar surface area (TPSA) is 70.7 Å². The van der Waals surface area contributed by atoms with Gasteiger partial charge in [0.25, 0.3) is 5.91 Å². The Hall–Kier alpha value is -2.70. The van der Waals surface area contributed by atoms with E-state index in [-0.39, 0.29) is 5.91 Å². The van der Waals surface area contributed by atoms with Crippen LogP contribution in [-0.2, 0) is 0 Å². The number of hydrogen-bond donors (Lipinski definition) is 2. The molecule has 2 N–H and O–H groups in total. The van der Waals surface area contributed by atoms with E-state index in [4.69, 9.17) is 11.6 Å². The van der Waals surface area contributed by atoms with Crippen LogP contribution in [0.5, 0.6) is 0 Å². The Labute approximate surface area is 146 Å². The predicted octanol–water partition coefficient (Wildman–Crippen LogP) is 4.59. The zero-order valence-corrected chi connectivity index (χ0v) is 13.9. The van der Waals surface area contributed by atoms with Crippen LogP contribution in [0.15, 0.2) is 54.2 Å². The molecule has 4 rings (SSSR count). The van der Waals surface area contributed by atoms with Gasteiger partial charge in [0, 0.05) is 29.0 Å². The van der Waals surface area contributed by atoms with Crippen molar-refractivity contribution in [3.63, 3.8) is 0 Å². The summed E-state index contributed by atoms with van der Waals surface area (Å²) in [6, 6.07) is 11.0. The molecule has 3 aromatic heterocycles. The van der Waals surface area contributed by atoms with E-state index < -0.39 is 0 Å². The lowest BCUT2D eigenvalue weighted by molar-refractivity contribution is 0.102. The van der Waals surface area contributed by atoms with Crippen LogP contribution in [0.1, 0.15) is 10.4 Å². The lowest BCUT2D eigenvalue weighted by Crippen LogP contribution is -2.10. The fourth-order valence-electron chi connectivity index (χ4n) is 2.36. The molecule has 0 aliphatic carbocycles. The van der Waals surface area contributed by atoms with E-state index >= 15 is 0 Å². The summed E-state index contributed by atoms with van der Waals surface area (Å²) in [5, 5.41) is 4.59. The molecule has 0 radical (unpaired) electrons. The molecule has 0 fully saturated rings. The SMILES string of the molecule is O=C(Nc1ccc2nc(-c3cccnc3)[nH]c2c1)c1csc(Cl)c1. The van der Waals surface area contributed by atoms with Gasteiger partial charge in [-0.2, -0.15) is 0 Å². The summed E-state index contributed by atoms with van der Waals surface area (Å²) < 4.78 is 0.588. The first-order chi connectivity index (χ1) is 11.7. The maximum Gasteiger partial charge on any atom is 0.256 e. The number of halogens is 1. The summed E-state index contributed by atoms with van der Waals surface area (Å²) in [6.45, 7) is 0. The van der Waals surface area contributed by atoms with Crippen molar-refractivity contribution in [1.82, 2.24) is 15.0 Å². The number of aromatic amines is 1. The van der Waals surface area contributed by atoms with Crippen LogP contribution >= 0.6 is 22.9 Å². The van der Waals surface area contributed by atoms with Gasteiger partial charge >= 0.3 is 0 Å². The fourth-order valence-corrected chi connectivity index (χ4v) is 3.22. The zero-order chi connectivity index (χ0) is 16.5. The minimum Gasteiger partial charge on any atom is -0.338 e. The van der Waals surface area contributed by atoms with Gasteiger partial charge in [0.05, 0.1) is 20.9 Å². The largest absolute Gasteiger partial charge is 0.338 e. The summed E-state index contributed by atoms with van der Waals surface area (Å²) in [4.78, 5) is 24.1. The molecule has 118 valence electrons. The second kappa shape index (κ2) is 6.07. The quantitative estimate of drug-likeness (QED) is 0.565. The van der Waals surface area contributed by atoms with Crippen molar-refractivity contribution in [2.24, 2.45) is 0 Å². The second-order valence-corrected chi connectivity index (χ2v) is 6.70. The maximum atomic E-state index is 12.2. The molecule has 0 aliphatic rings. The fraction of sp³-hybridized carbons (Fsp3) is 0. The van der Waals surface area contributed by atoms with Gasteiger partial charge in [-0.15, -0.1) is 11.3 Å². The van der Waals surface area contributed by atoms with Crippen molar-refractivity contribution in [2.45, 2.75) is 0 Å². The number of thiophene rings is 1. The molecule has 1 amide bonds.